The van der Waals surface area contributed by atoms with Crippen molar-refractivity contribution >= 4 is 5.78 Å². The fourth-order valence-corrected chi connectivity index (χ4v) is 0.991. The van der Waals surface area contributed by atoms with Crippen molar-refractivity contribution in [1.82, 2.24) is 5.32 Å². The van der Waals surface area contributed by atoms with Crippen LogP contribution >= 0.6 is 0 Å². The summed E-state index contributed by atoms with van der Waals surface area (Å²) >= 11 is 0. The summed E-state index contributed by atoms with van der Waals surface area (Å²) in [6.45, 7) is 2.56. The molecule has 1 aliphatic rings. The van der Waals surface area contributed by atoms with E-state index in [-0.39, 0.29) is 11.7 Å². The topological polar surface area (TPSA) is 38.3 Å². The van der Waals surface area contributed by atoms with Crippen molar-refractivity contribution in [2.24, 2.45) is 5.92 Å². The van der Waals surface area contributed by atoms with Crippen LogP contribution in [0.4, 0.5) is 0 Å². The summed E-state index contributed by atoms with van der Waals surface area (Å²) in [5.74, 6) is 1.79. The molecule has 60 valence electrons. The summed E-state index contributed by atoms with van der Waals surface area (Å²) < 4.78 is 5.15. The third-order valence-electron chi connectivity index (χ3n) is 1.65. The van der Waals surface area contributed by atoms with Crippen LogP contribution in [-0.4, -0.2) is 32.1 Å². The lowest BCUT2D eigenvalue weighted by Gasteiger charge is -2.06. The normalized spacial score (nSPS) is 25.2. The molecule has 0 saturated carbocycles. The summed E-state index contributed by atoms with van der Waals surface area (Å²) in [6, 6.07) is 0. The molecule has 1 rings (SSSR count). The Morgan fingerprint density at radius 3 is 3.27 bits per heavy atom. The number of hydrogen-bond donors (Lipinski definition) is 1. The first-order chi connectivity index (χ1) is 5.34. The molecule has 1 atom stereocenters. The number of carbonyl (C=O) groups is 1. The summed E-state index contributed by atoms with van der Waals surface area (Å²) in [7, 11) is 0. The zero-order valence-corrected chi connectivity index (χ0v) is 6.30. The van der Waals surface area contributed by atoms with Crippen LogP contribution in [-0.2, 0) is 9.53 Å². The highest BCUT2D eigenvalue weighted by atomic mass is 16.5. The van der Waals surface area contributed by atoms with Gasteiger partial charge in [0.25, 0.3) is 0 Å². The highest BCUT2D eigenvalue weighted by molar-refractivity contribution is 5.97. The largest absolute Gasteiger partial charge is 0.379 e. The molecule has 3 heteroatoms. The van der Waals surface area contributed by atoms with E-state index < -0.39 is 0 Å². The Kier molecular flexibility index (Phi) is 3.09. The van der Waals surface area contributed by atoms with Crippen molar-refractivity contribution in [3.63, 3.8) is 0 Å². The SMILES string of the molecule is C#CC(=O)C1CNCCOC1. The molecule has 0 aromatic carbocycles. The molecular formula is C8H11NO2. The zero-order chi connectivity index (χ0) is 8.10. The Morgan fingerprint density at radius 1 is 1.73 bits per heavy atom. The summed E-state index contributed by atoms with van der Waals surface area (Å²) in [5.41, 5.74) is 0. The van der Waals surface area contributed by atoms with Gasteiger partial charge in [0.2, 0.25) is 5.78 Å². The van der Waals surface area contributed by atoms with Gasteiger partial charge < -0.3 is 10.1 Å². The third-order valence-corrected chi connectivity index (χ3v) is 1.65. The average molecular weight is 153 g/mol. The lowest BCUT2D eigenvalue weighted by Crippen LogP contribution is -2.28. The molecule has 0 aromatic heterocycles. The molecule has 1 heterocycles. The highest BCUT2D eigenvalue weighted by Gasteiger charge is 2.17. The third kappa shape index (κ3) is 2.34. The first-order valence-corrected chi connectivity index (χ1v) is 3.63. The molecule has 1 saturated heterocycles. The van der Waals surface area contributed by atoms with Gasteiger partial charge in [0, 0.05) is 13.1 Å². The first kappa shape index (κ1) is 8.25. The van der Waals surface area contributed by atoms with Crippen LogP contribution in [0.15, 0.2) is 0 Å². The quantitative estimate of drug-likeness (QED) is 0.405. The predicted octanol–water partition coefficient (Wildman–Crippen LogP) is -0.575. The molecule has 0 aliphatic carbocycles. The Bertz CT molecular complexity index is 175. The van der Waals surface area contributed by atoms with Gasteiger partial charge in [0.05, 0.1) is 19.1 Å². The van der Waals surface area contributed by atoms with E-state index >= 15 is 0 Å². The van der Waals surface area contributed by atoms with Gasteiger partial charge in [-0.1, -0.05) is 0 Å². The molecule has 1 N–H and O–H groups in total. The van der Waals surface area contributed by atoms with Gasteiger partial charge in [-0.05, 0) is 5.92 Å². The van der Waals surface area contributed by atoms with Crippen LogP contribution < -0.4 is 5.32 Å². The van der Waals surface area contributed by atoms with Crippen molar-refractivity contribution in [2.75, 3.05) is 26.3 Å². The standard InChI is InChI=1S/C8H11NO2/c1-2-8(10)7-5-9-3-4-11-6-7/h1,7,9H,3-6H2. The van der Waals surface area contributed by atoms with Gasteiger partial charge in [0.15, 0.2) is 0 Å². The molecule has 1 unspecified atom stereocenters. The average Bonchev–Trinajstić information content (AvgIpc) is 2.30. The van der Waals surface area contributed by atoms with Crippen LogP contribution in [0.1, 0.15) is 0 Å². The number of nitrogens with one attached hydrogen (secondary N) is 1. The second-order valence-electron chi connectivity index (χ2n) is 2.48. The monoisotopic (exact) mass is 153 g/mol. The Morgan fingerprint density at radius 2 is 2.55 bits per heavy atom. The van der Waals surface area contributed by atoms with Gasteiger partial charge in [-0.25, -0.2) is 0 Å². The van der Waals surface area contributed by atoms with Crippen LogP contribution in [0.5, 0.6) is 0 Å². The number of terminal acetylenes is 1. The van der Waals surface area contributed by atoms with E-state index in [9.17, 15) is 4.79 Å². The maximum atomic E-state index is 11.0. The molecule has 3 nitrogen and oxygen atoms in total. The Hall–Kier alpha value is -0.850. The number of ketones is 1. The Labute approximate surface area is 66.1 Å². The lowest BCUT2D eigenvalue weighted by molar-refractivity contribution is -0.118. The molecule has 0 radical (unpaired) electrons. The smallest absolute Gasteiger partial charge is 0.211 e. The number of ether oxygens (including phenoxy) is 1. The molecule has 1 fully saturated rings. The fraction of sp³-hybridized carbons (Fsp3) is 0.625. The minimum atomic E-state index is -0.167. The van der Waals surface area contributed by atoms with Gasteiger partial charge in [-0.3, -0.25) is 4.79 Å². The van der Waals surface area contributed by atoms with Crippen LogP contribution in [0.25, 0.3) is 0 Å². The van der Waals surface area contributed by atoms with Crippen molar-refractivity contribution in [3.05, 3.63) is 0 Å². The summed E-state index contributed by atoms with van der Waals surface area (Å²) in [6.07, 6.45) is 4.97. The second kappa shape index (κ2) is 4.12. The lowest BCUT2D eigenvalue weighted by atomic mass is 10.1. The molecule has 11 heavy (non-hydrogen) atoms. The van der Waals surface area contributed by atoms with Gasteiger partial charge in [-0.2, -0.15) is 0 Å². The van der Waals surface area contributed by atoms with Crippen molar-refractivity contribution in [3.8, 4) is 12.3 Å². The van der Waals surface area contributed by atoms with Crippen molar-refractivity contribution < 1.29 is 9.53 Å². The maximum absolute atomic E-state index is 11.0. The molecule has 0 bridgehead atoms. The minimum absolute atomic E-state index is 0.150. The van der Waals surface area contributed by atoms with E-state index in [1.807, 2.05) is 0 Å². The van der Waals surface area contributed by atoms with Crippen molar-refractivity contribution in [2.45, 2.75) is 0 Å². The highest BCUT2D eigenvalue weighted by Crippen LogP contribution is 2.00. The number of rotatable bonds is 1. The van der Waals surface area contributed by atoms with E-state index in [2.05, 4.69) is 11.2 Å². The minimum Gasteiger partial charge on any atom is -0.379 e. The van der Waals surface area contributed by atoms with Crippen LogP contribution in [0, 0.1) is 18.3 Å². The first-order valence-electron chi connectivity index (χ1n) is 3.63. The number of Topliss-reactive ketones (excluding diaryl/α,β-unsaturated/α-hetero) is 1. The van der Waals surface area contributed by atoms with Gasteiger partial charge in [-0.15, -0.1) is 6.42 Å². The maximum Gasteiger partial charge on any atom is 0.211 e. The predicted molar refractivity (Wildman–Crippen MR) is 41.0 cm³/mol. The second-order valence-corrected chi connectivity index (χ2v) is 2.48. The van der Waals surface area contributed by atoms with Crippen molar-refractivity contribution in [1.29, 1.82) is 0 Å². The summed E-state index contributed by atoms with van der Waals surface area (Å²) in [4.78, 5) is 11.0. The molecule has 0 aromatic rings. The van der Waals surface area contributed by atoms with E-state index in [1.165, 1.54) is 0 Å². The van der Waals surface area contributed by atoms with Crippen LogP contribution in [0.2, 0.25) is 0 Å². The number of hydrogen-bond acceptors (Lipinski definition) is 3. The molecule has 0 amide bonds. The van der Waals surface area contributed by atoms with E-state index in [0.717, 1.165) is 6.54 Å². The summed E-state index contributed by atoms with van der Waals surface area (Å²) in [5, 5.41) is 3.07. The molecule has 1 aliphatic heterocycles. The molecular weight excluding hydrogens is 142 g/mol. The van der Waals surface area contributed by atoms with E-state index in [1.54, 1.807) is 0 Å². The molecule has 0 spiro atoms. The fourth-order valence-electron chi connectivity index (χ4n) is 0.991. The van der Waals surface area contributed by atoms with Crippen LogP contribution in [0.3, 0.4) is 0 Å². The zero-order valence-electron chi connectivity index (χ0n) is 6.30. The van der Waals surface area contributed by atoms with E-state index in [0.29, 0.717) is 19.8 Å². The van der Waals surface area contributed by atoms with E-state index in [4.69, 9.17) is 11.2 Å². The number of carbonyl (C=O) groups excluding carboxylic acids is 1. The van der Waals surface area contributed by atoms with Gasteiger partial charge >= 0.3 is 0 Å². The Balaban J connectivity index is 2.44. The van der Waals surface area contributed by atoms with Gasteiger partial charge in [0.1, 0.15) is 0 Å².